The number of ether oxygens (including phenoxy) is 1. The number of morpholine rings is 1. The lowest BCUT2D eigenvalue weighted by Crippen LogP contribution is -2.48. The van der Waals surface area contributed by atoms with Crippen molar-refractivity contribution in [2.45, 2.75) is 12.1 Å². The molecule has 0 aliphatic carbocycles. The zero-order valence-electron chi connectivity index (χ0n) is 9.57. The molecule has 0 amide bonds. The minimum absolute atomic E-state index is 0.331. The smallest absolute Gasteiger partial charge is 0.0931 e. The minimum atomic E-state index is 0.331. The second kappa shape index (κ2) is 5.47. The van der Waals surface area contributed by atoms with Crippen LogP contribution in [-0.4, -0.2) is 44.8 Å². The van der Waals surface area contributed by atoms with Crippen molar-refractivity contribution in [1.82, 2.24) is 10.2 Å². The van der Waals surface area contributed by atoms with Gasteiger partial charge in [0.05, 0.1) is 29.6 Å². The molecule has 0 aromatic carbocycles. The first kappa shape index (κ1) is 12.3. The van der Waals surface area contributed by atoms with E-state index in [4.69, 9.17) is 16.3 Å². The predicted octanol–water partition coefficient (Wildman–Crippen LogP) is 1.99. The predicted molar refractivity (Wildman–Crippen MR) is 68.4 cm³/mol. The Morgan fingerprint density at radius 3 is 2.88 bits per heavy atom. The SMILES string of the molecule is CN(C)C(c1ccc(Cl)s1)C1COCCN1. The monoisotopic (exact) mass is 260 g/mol. The lowest BCUT2D eigenvalue weighted by molar-refractivity contribution is 0.0467. The van der Waals surface area contributed by atoms with Gasteiger partial charge in [-0.25, -0.2) is 0 Å². The van der Waals surface area contributed by atoms with Crippen molar-refractivity contribution >= 4 is 22.9 Å². The molecule has 2 rings (SSSR count). The zero-order chi connectivity index (χ0) is 11.5. The number of hydrogen-bond acceptors (Lipinski definition) is 4. The highest BCUT2D eigenvalue weighted by Crippen LogP contribution is 2.32. The summed E-state index contributed by atoms with van der Waals surface area (Å²) in [6.07, 6.45) is 0. The van der Waals surface area contributed by atoms with Crippen molar-refractivity contribution in [2.24, 2.45) is 0 Å². The van der Waals surface area contributed by atoms with Crippen molar-refractivity contribution in [1.29, 1.82) is 0 Å². The summed E-state index contributed by atoms with van der Waals surface area (Å²) in [6.45, 7) is 2.49. The Hall–Kier alpha value is -0.130. The third-order valence-corrected chi connectivity index (χ3v) is 4.08. The van der Waals surface area contributed by atoms with E-state index in [0.29, 0.717) is 12.1 Å². The number of rotatable bonds is 3. The molecular weight excluding hydrogens is 244 g/mol. The summed E-state index contributed by atoms with van der Waals surface area (Å²) < 4.78 is 6.37. The van der Waals surface area contributed by atoms with Crippen molar-refractivity contribution in [2.75, 3.05) is 33.9 Å². The maximum Gasteiger partial charge on any atom is 0.0931 e. The van der Waals surface area contributed by atoms with Crippen LogP contribution >= 0.6 is 22.9 Å². The molecule has 2 heterocycles. The van der Waals surface area contributed by atoms with Gasteiger partial charge in [0.15, 0.2) is 0 Å². The van der Waals surface area contributed by atoms with Gasteiger partial charge in [0.2, 0.25) is 0 Å². The van der Waals surface area contributed by atoms with Crippen molar-refractivity contribution in [3.8, 4) is 0 Å². The van der Waals surface area contributed by atoms with Gasteiger partial charge in [0, 0.05) is 11.4 Å². The maximum absolute atomic E-state index is 6.00. The van der Waals surface area contributed by atoms with Gasteiger partial charge in [-0.3, -0.25) is 0 Å². The molecule has 3 nitrogen and oxygen atoms in total. The topological polar surface area (TPSA) is 24.5 Å². The number of nitrogens with one attached hydrogen (secondary N) is 1. The third-order valence-electron chi connectivity index (χ3n) is 2.77. The van der Waals surface area contributed by atoms with Crippen LogP contribution in [0.2, 0.25) is 4.34 Å². The molecule has 1 N–H and O–H groups in total. The molecule has 1 saturated heterocycles. The van der Waals surface area contributed by atoms with Crippen LogP contribution in [0.4, 0.5) is 0 Å². The molecule has 2 atom stereocenters. The van der Waals surface area contributed by atoms with Crippen LogP contribution in [0, 0.1) is 0 Å². The summed E-state index contributed by atoms with van der Waals surface area (Å²) in [5.74, 6) is 0. The van der Waals surface area contributed by atoms with Gasteiger partial charge in [-0.15, -0.1) is 11.3 Å². The highest BCUT2D eigenvalue weighted by Gasteiger charge is 2.28. The molecule has 2 unspecified atom stereocenters. The Labute approximate surface area is 105 Å². The van der Waals surface area contributed by atoms with Crippen LogP contribution in [0.25, 0.3) is 0 Å². The van der Waals surface area contributed by atoms with Crippen molar-refractivity contribution < 1.29 is 4.74 Å². The van der Waals surface area contributed by atoms with Gasteiger partial charge in [-0.2, -0.15) is 0 Å². The van der Waals surface area contributed by atoms with Gasteiger partial charge in [-0.05, 0) is 26.2 Å². The molecule has 5 heteroatoms. The molecule has 1 aromatic heterocycles. The second-order valence-electron chi connectivity index (χ2n) is 4.19. The largest absolute Gasteiger partial charge is 0.378 e. The maximum atomic E-state index is 6.00. The van der Waals surface area contributed by atoms with Gasteiger partial charge < -0.3 is 15.0 Å². The van der Waals surface area contributed by atoms with Crippen LogP contribution in [0.1, 0.15) is 10.9 Å². The molecule has 1 aliphatic rings. The van der Waals surface area contributed by atoms with E-state index >= 15 is 0 Å². The Kier molecular flexibility index (Phi) is 4.21. The van der Waals surface area contributed by atoms with Crippen LogP contribution in [0.5, 0.6) is 0 Å². The van der Waals surface area contributed by atoms with Crippen molar-refractivity contribution in [3.05, 3.63) is 21.3 Å². The molecule has 1 aromatic rings. The van der Waals surface area contributed by atoms with E-state index in [1.54, 1.807) is 11.3 Å². The quantitative estimate of drug-likeness (QED) is 0.900. The molecule has 16 heavy (non-hydrogen) atoms. The molecule has 0 radical (unpaired) electrons. The molecule has 0 bridgehead atoms. The highest BCUT2D eigenvalue weighted by molar-refractivity contribution is 7.16. The van der Waals surface area contributed by atoms with Gasteiger partial charge in [0.1, 0.15) is 0 Å². The van der Waals surface area contributed by atoms with E-state index in [1.165, 1.54) is 4.88 Å². The molecule has 0 saturated carbocycles. The summed E-state index contributed by atoms with van der Waals surface area (Å²) in [6, 6.07) is 4.74. The number of halogens is 1. The fourth-order valence-electron chi connectivity index (χ4n) is 2.09. The average molecular weight is 261 g/mol. The molecular formula is C11H17ClN2OS. The Morgan fingerprint density at radius 1 is 1.56 bits per heavy atom. The number of nitrogens with zero attached hydrogens (tertiary/aromatic N) is 1. The Morgan fingerprint density at radius 2 is 2.38 bits per heavy atom. The number of hydrogen-bond donors (Lipinski definition) is 1. The van der Waals surface area contributed by atoms with E-state index < -0.39 is 0 Å². The summed E-state index contributed by atoms with van der Waals surface area (Å²) in [4.78, 5) is 3.51. The van der Waals surface area contributed by atoms with E-state index in [1.807, 2.05) is 6.07 Å². The first-order valence-corrected chi connectivity index (χ1v) is 6.60. The van der Waals surface area contributed by atoms with E-state index in [2.05, 4.69) is 30.4 Å². The minimum Gasteiger partial charge on any atom is -0.378 e. The van der Waals surface area contributed by atoms with Gasteiger partial charge in [0.25, 0.3) is 0 Å². The Balaban J connectivity index is 2.16. The molecule has 90 valence electrons. The third kappa shape index (κ3) is 2.76. The van der Waals surface area contributed by atoms with Gasteiger partial charge >= 0.3 is 0 Å². The first-order valence-electron chi connectivity index (χ1n) is 5.41. The van der Waals surface area contributed by atoms with E-state index in [0.717, 1.165) is 24.1 Å². The van der Waals surface area contributed by atoms with Crippen molar-refractivity contribution in [3.63, 3.8) is 0 Å². The van der Waals surface area contributed by atoms with Crippen LogP contribution < -0.4 is 5.32 Å². The Bertz CT molecular complexity index is 336. The van der Waals surface area contributed by atoms with E-state index in [9.17, 15) is 0 Å². The summed E-state index contributed by atoms with van der Waals surface area (Å²) >= 11 is 7.64. The van der Waals surface area contributed by atoms with E-state index in [-0.39, 0.29) is 0 Å². The molecule has 0 spiro atoms. The van der Waals surface area contributed by atoms with Gasteiger partial charge in [-0.1, -0.05) is 11.6 Å². The number of thiophene rings is 1. The zero-order valence-corrected chi connectivity index (χ0v) is 11.1. The summed E-state index contributed by atoms with van der Waals surface area (Å²) in [5.41, 5.74) is 0. The fraction of sp³-hybridized carbons (Fsp3) is 0.636. The first-order chi connectivity index (χ1) is 7.68. The lowest BCUT2D eigenvalue weighted by atomic mass is 10.1. The highest BCUT2D eigenvalue weighted by atomic mass is 35.5. The second-order valence-corrected chi connectivity index (χ2v) is 5.93. The molecule has 1 aliphatic heterocycles. The van der Waals surface area contributed by atoms with Crippen LogP contribution in [0.3, 0.4) is 0 Å². The average Bonchev–Trinajstić information content (AvgIpc) is 2.66. The summed E-state index contributed by atoms with van der Waals surface area (Å²) in [5, 5.41) is 3.51. The number of likely N-dealkylation sites (N-methyl/N-ethyl adjacent to an activating group) is 1. The standard InChI is InChI=1S/C11H17ClN2OS/c1-14(2)11(8-7-15-6-5-13-8)9-3-4-10(12)16-9/h3-4,8,11,13H,5-7H2,1-2H3. The normalized spacial score (nSPS) is 23.6. The summed E-state index contributed by atoms with van der Waals surface area (Å²) in [7, 11) is 4.18. The molecule has 1 fully saturated rings. The van der Waals surface area contributed by atoms with Crippen LogP contribution in [0.15, 0.2) is 12.1 Å². The lowest BCUT2D eigenvalue weighted by Gasteiger charge is -2.34. The van der Waals surface area contributed by atoms with Crippen LogP contribution in [-0.2, 0) is 4.74 Å². The fourth-order valence-corrected chi connectivity index (χ4v) is 3.41.